The first-order valence-corrected chi connectivity index (χ1v) is 11.7. The Kier molecular flexibility index (Phi) is 7.14. The summed E-state index contributed by atoms with van der Waals surface area (Å²) in [5.41, 5.74) is 3.45. The molecular formula is C21H25N3O7S. The number of rotatable bonds is 8. The first-order valence-electron chi connectivity index (χ1n) is 9.84. The molecule has 32 heavy (non-hydrogen) atoms. The van der Waals surface area contributed by atoms with Crippen molar-refractivity contribution in [2.24, 2.45) is 5.92 Å². The highest BCUT2D eigenvalue weighted by molar-refractivity contribution is 7.88. The maximum atomic E-state index is 13.3. The minimum absolute atomic E-state index is 0.0685. The molecule has 0 fully saturated rings. The number of aliphatic hydroxyl groups is 1. The van der Waals surface area contributed by atoms with Crippen molar-refractivity contribution in [3.8, 4) is 5.75 Å². The van der Waals surface area contributed by atoms with E-state index in [9.17, 15) is 28.2 Å². The fourth-order valence-corrected chi connectivity index (χ4v) is 4.66. The minimum atomic E-state index is -3.94. The van der Waals surface area contributed by atoms with Gasteiger partial charge in [-0.1, -0.05) is 36.4 Å². The fraction of sp³-hybridized carbons (Fsp3) is 0.333. The number of aliphatic hydroxyl groups excluding tert-OH is 1. The molecule has 6 N–H and O–H groups in total. The van der Waals surface area contributed by atoms with Crippen molar-refractivity contribution in [1.29, 1.82) is 0 Å². The topological polar surface area (TPSA) is 165 Å². The molecule has 0 saturated heterocycles. The predicted molar refractivity (Wildman–Crippen MR) is 114 cm³/mol. The Bertz CT molecular complexity index is 1110. The highest BCUT2D eigenvalue weighted by Gasteiger charge is 2.39. The molecule has 0 bridgehead atoms. The summed E-state index contributed by atoms with van der Waals surface area (Å²) in [5, 5.41) is 32.1. The summed E-state index contributed by atoms with van der Waals surface area (Å²) in [5.74, 6) is -3.21. The summed E-state index contributed by atoms with van der Waals surface area (Å²) >= 11 is 0. The molecule has 172 valence electrons. The van der Waals surface area contributed by atoms with E-state index in [0.717, 1.165) is 17.4 Å². The highest BCUT2D eigenvalue weighted by Crippen LogP contribution is 2.32. The molecule has 0 spiro atoms. The lowest BCUT2D eigenvalue weighted by Crippen LogP contribution is -2.55. The molecule has 2 aromatic rings. The third-order valence-corrected chi connectivity index (χ3v) is 6.02. The van der Waals surface area contributed by atoms with Crippen molar-refractivity contribution < 1.29 is 33.4 Å². The zero-order valence-electron chi connectivity index (χ0n) is 17.2. The number of aromatic hydroxyl groups is 1. The first-order chi connectivity index (χ1) is 15.1. The van der Waals surface area contributed by atoms with Crippen LogP contribution >= 0.6 is 0 Å². The van der Waals surface area contributed by atoms with Crippen LogP contribution in [-0.2, 0) is 32.5 Å². The van der Waals surface area contributed by atoms with Crippen molar-refractivity contribution >= 4 is 21.8 Å². The van der Waals surface area contributed by atoms with Crippen molar-refractivity contribution in [3.63, 3.8) is 0 Å². The molecule has 1 aliphatic rings. The maximum absolute atomic E-state index is 13.3. The van der Waals surface area contributed by atoms with Crippen LogP contribution in [-0.4, -0.2) is 54.1 Å². The van der Waals surface area contributed by atoms with Gasteiger partial charge in [0.25, 0.3) is 5.91 Å². The van der Waals surface area contributed by atoms with Crippen LogP contribution in [0.3, 0.4) is 0 Å². The zero-order chi connectivity index (χ0) is 23.5. The van der Waals surface area contributed by atoms with Gasteiger partial charge >= 0.3 is 0 Å². The van der Waals surface area contributed by atoms with Gasteiger partial charge in [-0.15, -0.1) is 0 Å². The van der Waals surface area contributed by atoms with Gasteiger partial charge in [0.1, 0.15) is 11.8 Å². The number of fused-ring (bicyclic) bond motifs is 1. The van der Waals surface area contributed by atoms with Crippen molar-refractivity contribution in [2.45, 2.75) is 31.0 Å². The van der Waals surface area contributed by atoms with Crippen LogP contribution in [0.25, 0.3) is 0 Å². The Morgan fingerprint density at radius 1 is 1.12 bits per heavy atom. The normalized spacial score (nSPS) is 19.6. The molecule has 3 rings (SSSR count). The second kappa shape index (κ2) is 9.65. The monoisotopic (exact) mass is 463 g/mol. The number of phenols is 1. The molecule has 2 aromatic carbocycles. The van der Waals surface area contributed by atoms with E-state index in [1.807, 2.05) is 12.1 Å². The maximum Gasteiger partial charge on any atom is 0.262 e. The Hall–Kier alpha value is -2.99. The molecule has 4 atom stereocenters. The van der Waals surface area contributed by atoms with Crippen molar-refractivity contribution in [1.82, 2.24) is 15.5 Å². The van der Waals surface area contributed by atoms with E-state index in [4.69, 9.17) is 5.21 Å². The number of nitrogens with one attached hydrogen (secondary N) is 3. The van der Waals surface area contributed by atoms with Crippen LogP contribution in [0.1, 0.15) is 22.7 Å². The molecule has 0 heterocycles. The quantitative estimate of drug-likeness (QED) is 0.232. The van der Waals surface area contributed by atoms with E-state index >= 15 is 0 Å². The number of carbonyl (C=O) groups excluding carboxylic acids is 2. The van der Waals surface area contributed by atoms with Crippen LogP contribution in [0.2, 0.25) is 0 Å². The number of hydrogen-bond donors (Lipinski definition) is 6. The fourth-order valence-electron chi connectivity index (χ4n) is 3.93. The van der Waals surface area contributed by atoms with E-state index in [-0.39, 0.29) is 12.2 Å². The minimum Gasteiger partial charge on any atom is -0.508 e. The molecule has 0 radical (unpaired) electrons. The van der Waals surface area contributed by atoms with Gasteiger partial charge < -0.3 is 15.5 Å². The Morgan fingerprint density at radius 2 is 1.84 bits per heavy atom. The Morgan fingerprint density at radius 3 is 2.50 bits per heavy atom. The molecule has 0 unspecified atom stereocenters. The smallest absolute Gasteiger partial charge is 0.262 e. The number of amides is 2. The van der Waals surface area contributed by atoms with E-state index < -0.39 is 45.9 Å². The van der Waals surface area contributed by atoms with Crippen LogP contribution in [0.15, 0.2) is 48.5 Å². The second-order valence-corrected chi connectivity index (χ2v) is 9.56. The lowest BCUT2D eigenvalue weighted by molar-refractivity contribution is -0.137. The highest BCUT2D eigenvalue weighted by atomic mass is 32.2. The summed E-state index contributed by atoms with van der Waals surface area (Å²) in [4.78, 5) is 25.6. The third-order valence-electron chi connectivity index (χ3n) is 5.34. The van der Waals surface area contributed by atoms with Gasteiger partial charge in [-0.3, -0.25) is 14.8 Å². The Labute approximate surface area is 185 Å². The molecule has 1 aliphatic carbocycles. The van der Waals surface area contributed by atoms with Gasteiger partial charge in [0, 0.05) is 6.42 Å². The number of hydroxylamine groups is 1. The number of carbonyl (C=O) groups is 2. The van der Waals surface area contributed by atoms with Crippen LogP contribution in [0, 0.1) is 5.92 Å². The zero-order valence-corrected chi connectivity index (χ0v) is 18.0. The van der Waals surface area contributed by atoms with Gasteiger partial charge in [0.15, 0.2) is 0 Å². The third kappa shape index (κ3) is 5.62. The summed E-state index contributed by atoms with van der Waals surface area (Å²) in [6.07, 6.45) is 0.127. The predicted octanol–water partition coefficient (Wildman–Crippen LogP) is -0.251. The van der Waals surface area contributed by atoms with Crippen molar-refractivity contribution in [2.75, 3.05) is 6.26 Å². The second-order valence-electron chi connectivity index (χ2n) is 7.78. The number of benzene rings is 2. The number of sulfonamides is 1. The standard InChI is InChI=1S/C21H25N3O7S/c1-32(30,31)24-19(21(28)23-29)16(10-12-5-4-7-14(25)9-12)20(27)22-18-15-8-3-2-6-13(15)11-17(18)26/h2-9,16-19,24-26,29H,10-11H2,1H3,(H,22,27)(H,23,28)/t16-,17-,18+,19+/m1/s1. The first kappa shape index (κ1) is 23.7. The van der Waals surface area contributed by atoms with Crippen molar-refractivity contribution in [3.05, 3.63) is 65.2 Å². The van der Waals surface area contributed by atoms with Gasteiger partial charge in [0.2, 0.25) is 15.9 Å². The molecule has 2 amide bonds. The molecule has 0 aliphatic heterocycles. The summed E-state index contributed by atoms with van der Waals surface area (Å²) in [6, 6.07) is 10.8. The van der Waals surface area contributed by atoms with Crippen LogP contribution in [0.4, 0.5) is 0 Å². The summed E-state index contributed by atoms with van der Waals surface area (Å²) < 4.78 is 25.8. The van der Waals surface area contributed by atoms with Gasteiger partial charge in [-0.2, -0.15) is 0 Å². The SMILES string of the molecule is CS(=O)(=O)N[C@H](C(=O)NO)[C@@H](Cc1cccc(O)c1)C(=O)N[C@H]1c2ccccc2C[C@H]1O. The summed E-state index contributed by atoms with van der Waals surface area (Å²) in [6.45, 7) is 0. The van der Waals surface area contributed by atoms with Gasteiger partial charge in [-0.25, -0.2) is 18.6 Å². The number of hydrogen-bond acceptors (Lipinski definition) is 7. The van der Waals surface area contributed by atoms with E-state index in [1.165, 1.54) is 17.6 Å². The Balaban J connectivity index is 1.95. The molecule has 0 aromatic heterocycles. The molecule has 10 nitrogen and oxygen atoms in total. The van der Waals surface area contributed by atoms with E-state index in [2.05, 4.69) is 10.0 Å². The molecular weight excluding hydrogens is 438 g/mol. The average molecular weight is 464 g/mol. The lowest BCUT2D eigenvalue weighted by atomic mass is 9.90. The summed E-state index contributed by atoms with van der Waals surface area (Å²) in [7, 11) is -3.94. The molecule has 0 saturated carbocycles. The van der Waals surface area contributed by atoms with E-state index in [1.54, 1.807) is 24.3 Å². The lowest BCUT2D eigenvalue weighted by Gasteiger charge is -2.27. The van der Waals surface area contributed by atoms with Crippen LogP contribution < -0.4 is 15.5 Å². The van der Waals surface area contributed by atoms with Crippen LogP contribution in [0.5, 0.6) is 5.75 Å². The van der Waals surface area contributed by atoms with Gasteiger partial charge in [-0.05, 0) is 35.2 Å². The molecule has 11 heteroatoms. The van der Waals surface area contributed by atoms with Gasteiger partial charge in [0.05, 0.1) is 24.3 Å². The average Bonchev–Trinajstić information content (AvgIpc) is 3.04. The largest absolute Gasteiger partial charge is 0.508 e. The van der Waals surface area contributed by atoms with E-state index in [0.29, 0.717) is 12.0 Å². The number of phenolic OH excluding ortho intramolecular Hbond substituents is 1.